The standard InChI is InChI=1S/C22H26N2O4/c1-23-20-6-2-17(3-7-20)18-4-8-21-19(16-18)5-9-22(24-21)28-15-14-27-13-12-26-11-10-25/h2-9,16,23,25H,10-15H2,1H3. The average Bonchev–Trinajstić information content (AvgIpc) is 2.75. The van der Waals surface area contributed by atoms with Gasteiger partial charge >= 0.3 is 0 Å². The summed E-state index contributed by atoms with van der Waals surface area (Å²) in [6.07, 6.45) is 0. The number of pyridine rings is 1. The number of hydrogen-bond acceptors (Lipinski definition) is 6. The van der Waals surface area contributed by atoms with Gasteiger partial charge in [-0.3, -0.25) is 0 Å². The second-order valence-corrected chi connectivity index (χ2v) is 6.18. The first-order chi connectivity index (χ1) is 13.8. The van der Waals surface area contributed by atoms with Gasteiger partial charge in [-0.25, -0.2) is 4.98 Å². The van der Waals surface area contributed by atoms with Crippen LogP contribution in [0, 0.1) is 0 Å². The fourth-order valence-corrected chi connectivity index (χ4v) is 2.79. The van der Waals surface area contributed by atoms with E-state index in [1.54, 1.807) is 0 Å². The fraction of sp³-hybridized carbons (Fsp3) is 0.318. The van der Waals surface area contributed by atoms with Gasteiger partial charge in [0.25, 0.3) is 0 Å². The molecule has 0 atom stereocenters. The molecule has 0 radical (unpaired) electrons. The van der Waals surface area contributed by atoms with Gasteiger partial charge in [-0.05, 0) is 41.5 Å². The normalized spacial score (nSPS) is 10.9. The molecule has 0 unspecified atom stereocenters. The summed E-state index contributed by atoms with van der Waals surface area (Å²) in [6, 6.07) is 18.5. The summed E-state index contributed by atoms with van der Waals surface area (Å²) in [5, 5.41) is 12.8. The van der Waals surface area contributed by atoms with Crippen molar-refractivity contribution in [2.75, 3.05) is 52.0 Å². The number of nitrogens with zero attached hydrogens (tertiary/aromatic N) is 1. The molecule has 148 valence electrons. The fourth-order valence-electron chi connectivity index (χ4n) is 2.79. The number of fused-ring (bicyclic) bond motifs is 1. The summed E-state index contributed by atoms with van der Waals surface area (Å²) in [6.45, 7) is 2.20. The summed E-state index contributed by atoms with van der Waals surface area (Å²) in [4.78, 5) is 4.56. The van der Waals surface area contributed by atoms with Crippen molar-refractivity contribution in [3.8, 4) is 17.0 Å². The third kappa shape index (κ3) is 5.66. The van der Waals surface area contributed by atoms with E-state index in [-0.39, 0.29) is 6.61 Å². The van der Waals surface area contributed by atoms with Crippen LogP contribution in [0.15, 0.2) is 54.6 Å². The third-order valence-electron chi connectivity index (χ3n) is 4.26. The van der Waals surface area contributed by atoms with Gasteiger partial charge < -0.3 is 24.6 Å². The van der Waals surface area contributed by atoms with E-state index >= 15 is 0 Å². The SMILES string of the molecule is CNc1ccc(-c2ccc3nc(OCCOCCOCCO)ccc3c2)cc1. The minimum absolute atomic E-state index is 0.0286. The van der Waals surface area contributed by atoms with E-state index in [9.17, 15) is 0 Å². The molecule has 0 bridgehead atoms. The molecule has 0 spiro atoms. The highest BCUT2D eigenvalue weighted by molar-refractivity contribution is 5.85. The van der Waals surface area contributed by atoms with Gasteiger partial charge in [0, 0.05) is 24.2 Å². The topological polar surface area (TPSA) is 72.8 Å². The molecular formula is C22H26N2O4. The molecule has 1 aromatic heterocycles. The molecule has 0 aliphatic rings. The van der Waals surface area contributed by atoms with E-state index in [1.165, 1.54) is 5.56 Å². The number of benzene rings is 2. The van der Waals surface area contributed by atoms with Crippen LogP contribution in [0.5, 0.6) is 5.88 Å². The highest BCUT2D eigenvalue weighted by Crippen LogP contribution is 2.26. The highest BCUT2D eigenvalue weighted by Gasteiger charge is 2.03. The number of hydrogen-bond donors (Lipinski definition) is 2. The summed E-state index contributed by atoms with van der Waals surface area (Å²) in [5.41, 5.74) is 4.31. The molecule has 1 heterocycles. The van der Waals surface area contributed by atoms with Gasteiger partial charge in [0.15, 0.2) is 0 Å². The van der Waals surface area contributed by atoms with Crippen LogP contribution in [0.3, 0.4) is 0 Å². The lowest BCUT2D eigenvalue weighted by Crippen LogP contribution is -2.12. The maximum atomic E-state index is 8.61. The van der Waals surface area contributed by atoms with Crippen molar-refractivity contribution in [1.82, 2.24) is 4.98 Å². The van der Waals surface area contributed by atoms with Gasteiger partial charge in [0.1, 0.15) is 6.61 Å². The average molecular weight is 382 g/mol. The van der Waals surface area contributed by atoms with Crippen molar-refractivity contribution >= 4 is 16.6 Å². The van der Waals surface area contributed by atoms with Crippen LogP contribution in [0.2, 0.25) is 0 Å². The van der Waals surface area contributed by atoms with Crippen LogP contribution in [-0.4, -0.2) is 56.8 Å². The maximum absolute atomic E-state index is 8.61. The van der Waals surface area contributed by atoms with E-state index in [4.69, 9.17) is 19.3 Å². The van der Waals surface area contributed by atoms with Crippen LogP contribution in [0.1, 0.15) is 0 Å². The van der Waals surface area contributed by atoms with Crippen LogP contribution in [0.4, 0.5) is 5.69 Å². The molecule has 28 heavy (non-hydrogen) atoms. The lowest BCUT2D eigenvalue weighted by Gasteiger charge is -2.09. The van der Waals surface area contributed by atoms with E-state index in [0.29, 0.717) is 38.9 Å². The zero-order valence-electron chi connectivity index (χ0n) is 16.1. The van der Waals surface area contributed by atoms with Crippen molar-refractivity contribution in [3.63, 3.8) is 0 Å². The van der Waals surface area contributed by atoms with Gasteiger partial charge in [0.05, 0.1) is 38.6 Å². The molecule has 3 rings (SSSR count). The molecule has 6 heteroatoms. The zero-order chi connectivity index (χ0) is 19.6. The first-order valence-corrected chi connectivity index (χ1v) is 9.38. The Morgan fingerprint density at radius 1 is 0.821 bits per heavy atom. The van der Waals surface area contributed by atoms with Gasteiger partial charge in [-0.15, -0.1) is 0 Å². The number of anilines is 1. The van der Waals surface area contributed by atoms with Gasteiger partial charge in [-0.1, -0.05) is 18.2 Å². The predicted molar refractivity (Wildman–Crippen MR) is 111 cm³/mol. The molecule has 3 aromatic rings. The molecular weight excluding hydrogens is 356 g/mol. The van der Waals surface area contributed by atoms with Crippen LogP contribution in [0.25, 0.3) is 22.0 Å². The quantitative estimate of drug-likeness (QED) is 0.496. The predicted octanol–water partition coefficient (Wildman–Crippen LogP) is 3.35. The highest BCUT2D eigenvalue weighted by atomic mass is 16.5. The van der Waals surface area contributed by atoms with Gasteiger partial charge in [-0.2, -0.15) is 0 Å². The number of aromatic nitrogens is 1. The van der Waals surface area contributed by atoms with E-state index in [0.717, 1.165) is 22.2 Å². The zero-order valence-corrected chi connectivity index (χ0v) is 16.1. The first-order valence-electron chi connectivity index (χ1n) is 9.38. The molecule has 2 aromatic carbocycles. The molecule has 0 fully saturated rings. The Balaban J connectivity index is 1.54. The number of nitrogens with one attached hydrogen (secondary N) is 1. The van der Waals surface area contributed by atoms with Crippen LogP contribution >= 0.6 is 0 Å². The third-order valence-corrected chi connectivity index (χ3v) is 4.26. The number of aliphatic hydroxyl groups excluding tert-OH is 1. The van der Waals surface area contributed by atoms with Crippen molar-refractivity contribution in [3.05, 3.63) is 54.6 Å². The summed E-state index contributed by atoms with van der Waals surface area (Å²) in [7, 11) is 1.91. The van der Waals surface area contributed by atoms with E-state index in [1.807, 2.05) is 25.2 Å². The second-order valence-electron chi connectivity index (χ2n) is 6.18. The van der Waals surface area contributed by atoms with Gasteiger partial charge in [0.2, 0.25) is 5.88 Å². The minimum atomic E-state index is 0.0286. The Morgan fingerprint density at radius 3 is 2.29 bits per heavy atom. The Bertz CT molecular complexity index is 868. The lowest BCUT2D eigenvalue weighted by atomic mass is 10.0. The molecule has 0 saturated carbocycles. The van der Waals surface area contributed by atoms with Crippen molar-refractivity contribution in [2.45, 2.75) is 0 Å². The van der Waals surface area contributed by atoms with Crippen LogP contribution in [-0.2, 0) is 9.47 Å². The van der Waals surface area contributed by atoms with Crippen molar-refractivity contribution in [2.24, 2.45) is 0 Å². The molecule has 0 amide bonds. The summed E-state index contributed by atoms with van der Waals surface area (Å²) in [5.74, 6) is 0.582. The van der Waals surface area contributed by atoms with E-state index < -0.39 is 0 Å². The molecule has 0 aliphatic heterocycles. The second kappa shape index (κ2) is 10.6. The largest absolute Gasteiger partial charge is 0.475 e. The number of ether oxygens (including phenoxy) is 3. The maximum Gasteiger partial charge on any atom is 0.213 e. The summed E-state index contributed by atoms with van der Waals surface area (Å²) >= 11 is 0. The van der Waals surface area contributed by atoms with E-state index in [2.05, 4.69) is 46.7 Å². The Kier molecular flexibility index (Phi) is 7.61. The van der Waals surface area contributed by atoms with Crippen LogP contribution < -0.4 is 10.1 Å². The number of rotatable bonds is 11. The van der Waals surface area contributed by atoms with Crippen molar-refractivity contribution in [1.29, 1.82) is 0 Å². The monoisotopic (exact) mass is 382 g/mol. The smallest absolute Gasteiger partial charge is 0.213 e. The molecule has 0 saturated heterocycles. The molecule has 6 nitrogen and oxygen atoms in total. The lowest BCUT2D eigenvalue weighted by molar-refractivity contribution is 0.0243. The number of aliphatic hydroxyl groups is 1. The van der Waals surface area contributed by atoms with Crippen molar-refractivity contribution < 1.29 is 19.3 Å². The minimum Gasteiger partial charge on any atom is -0.475 e. The molecule has 0 aliphatic carbocycles. The Labute approximate surface area is 165 Å². The Morgan fingerprint density at radius 2 is 1.54 bits per heavy atom. The Hall–Kier alpha value is -2.67. The molecule has 2 N–H and O–H groups in total. The first kappa shape index (κ1) is 20.1. The summed E-state index contributed by atoms with van der Waals surface area (Å²) < 4.78 is 16.2.